The summed E-state index contributed by atoms with van der Waals surface area (Å²) in [5.74, 6) is -0.695. The molecular weight excluding hydrogens is 478 g/mol. The number of hydrogen-bond acceptors (Lipinski definition) is 7. The molecule has 2 atom stereocenters. The molecule has 0 bridgehead atoms. The Morgan fingerprint density at radius 1 is 1.00 bits per heavy atom. The van der Waals surface area contributed by atoms with E-state index in [1.54, 1.807) is 13.2 Å². The van der Waals surface area contributed by atoms with Crippen molar-refractivity contribution < 1.29 is 22.7 Å². The summed E-state index contributed by atoms with van der Waals surface area (Å²) >= 11 is 0. The van der Waals surface area contributed by atoms with Crippen LogP contribution in [-0.4, -0.2) is 23.8 Å². The molecule has 1 aliphatic carbocycles. The van der Waals surface area contributed by atoms with E-state index in [4.69, 9.17) is 9.15 Å². The zero-order valence-electron chi connectivity index (χ0n) is 19.8. The highest BCUT2D eigenvalue weighted by molar-refractivity contribution is 6.03. The number of hydrogen-bond donors (Lipinski definition) is 2. The molecule has 0 saturated heterocycles. The monoisotopic (exact) mass is 500 g/mol. The molecule has 0 amide bonds. The average molecular weight is 501 g/mol. The minimum Gasteiger partial charge on any atom is -0.497 e. The van der Waals surface area contributed by atoms with Gasteiger partial charge in [0.05, 0.1) is 7.11 Å². The molecule has 186 valence electrons. The molecule has 2 unspecified atom stereocenters. The number of Topliss-reactive ketones (excluding diaryl/α,β-unsaturated/α-hetero) is 1. The van der Waals surface area contributed by atoms with Crippen LogP contribution in [0.5, 0.6) is 5.75 Å². The number of guanidine groups is 1. The number of nitrogens with one attached hydrogen (secondary N) is 2. The topological polar surface area (TPSA) is 88.8 Å². The number of carbonyl (C=O) groups is 1. The number of ketones is 1. The lowest BCUT2D eigenvalue weighted by atomic mass is 9.78. The van der Waals surface area contributed by atoms with Crippen LogP contribution in [0.1, 0.15) is 35.9 Å². The highest BCUT2D eigenvalue weighted by Crippen LogP contribution is 2.42. The van der Waals surface area contributed by atoms with Crippen molar-refractivity contribution in [1.82, 2.24) is 10.3 Å². The van der Waals surface area contributed by atoms with Crippen molar-refractivity contribution in [3.05, 3.63) is 101 Å². The van der Waals surface area contributed by atoms with Gasteiger partial charge < -0.3 is 14.5 Å². The lowest BCUT2D eigenvalue weighted by Crippen LogP contribution is -2.40. The average Bonchev–Trinajstić information content (AvgIpc) is 3.30. The largest absolute Gasteiger partial charge is 0.497 e. The predicted octanol–water partition coefficient (Wildman–Crippen LogP) is 5.63. The van der Waals surface area contributed by atoms with Gasteiger partial charge in [-0.05, 0) is 59.9 Å². The highest BCUT2D eigenvalue weighted by Gasteiger charge is 2.37. The molecule has 2 N–H and O–H groups in total. The Balaban J connectivity index is 1.38. The lowest BCUT2D eigenvalue weighted by molar-refractivity contribution is -0.116. The van der Waals surface area contributed by atoms with Gasteiger partial charge in [0, 0.05) is 23.8 Å². The molecule has 6 rings (SSSR count). The van der Waals surface area contributed by atoms with Gasteiger partial charge in [-0.15, -0.1) is 0 Å². The van der Waals surface area contributed by atoms with E-state index in [1.807, 2.05) is 42.5 Å². The molecule has 0 saturated carbocycles. The van der Waals surface area contributed by atoms with Crippen molar-refractivity contribution >= 4 is 28.9 Å². The van der Waals surface area contributed by atoms with Crippen molar-refractivity contribution in [2.45, 2.75) is 24.8 Å². The maximum Gasteiger partial charge on any atom is 0.302 e. The minimum absolute atomic E-state index is 0.0850. The summed E-state index contributed by atoms with van der Waals surface area (Å²) in [6, 6.07) is 17.4. The summed E-state index contributed by atoms with van der Waals surface area (Å²) in [6.07, 6.45) is 0.764. The van der Waals surface area contributed by atoms with Crippen molar-refractivity contribution in [3.8, 4) is 5.75 Å². The number of oxazole rings is 1. The van der Waals surface area contributed by atoms with Crippen LogP contribution in [0.2, 0.25) is 0 Å². The number of benzene rings is 3. The Morgan fingerprint density at radius 2 is 1.76 bits per heavy atom. The van der Waals surface area contributed by atoms with Crippen LogP contribution in [0.15, 0.2) is 87.4 Å². The molecule has 7 nitrogen and oxygen atoms in total. The molecule has 4 aromatic rings. The van der Waals surface area contributed by atoms with E-state index in [-0.39, 0.29) is 35.7 Å². The van der Waals surface area contributed by atoms with E-state index in [0.717, 1.165) is 17.4 Å². The van der Waals surface area contributed by atoms with E-state index < -0.39 is 17.7 Å². The van der Waals surface area contributed by atoms with E-state index >= 15 is 0 Å². The molecule has 3 aromatic carbocycles. The number of ether oxygens (including phenoxy) is 1. The third kappa shape index (κ3) is 4.44. The van der Waals surface area contributed by atoms with Gasteiger partial charge in [-0.3, -0.25) is 10.1 Å². The van der Waals surface area contributed by atoms with Crippen molar-refractivity contribution in [2.24, 2.45) is 4.99 Å². The van der Waals surface area contributed by atoms with Gasteiger partial charge in [-0.2, -0.15) is 4.98 Å². The number of anilines is 1. The number of carbonyl (C=O) groups excluding carboxylic acids is 1. The number of nitrogens with zero attached hydrogens (tertiary/aromatic N) is 2. The first kappa shape index (κ1) is 22.9. The quantitative estimate of drug-likeness (QED) is 0.378. The van der Waals surface area contributed by atoms with E-state index in [0.29, 0.717) is 28.8 Å². The van der Waals surface area contributed by atoms with Crippen LogP contribution in [-0.2, 0) is 4.79 Å². The normalized spacial score (nSPS) is 19.3. The number of methoxy groups -OCH3 is 1. The number of allylic oxidation sites excluding steroid dienone is 1. The van der Waals surface area contributed by atoms with Gasteiger partial charge in [0.15, 0.2) is 11.4 Å². The van der Waals surface area contributed by atoms with Crippen molar-refractivity contribution in [1.29, 1.82) is 0 Å². The summed E-state index contributed by atoms with van der Waals surface area (Å²) in [6.45, 7) is 0. The molecule has 0 radical (unpaired) electrons. The fraction of sp³-hybridized carbons (Fsp3) is 0.179. The molecular formula is C28H22F2N4O3. The standard InChI is InChI=1S/C28H22F2N4O3/c1-36-20-8-6-15(7-9-20)16-12-22-25(23(35)13-16)26(17-10-18(29)14-19(30)11-17)33-27(31-22)34-28-32-21-4-2-3-5-24(21)37-28/h2-11,14,16,26H,12-13H2,1H3,(H2,31,32,33,34). The van der Waals surface area contributed by atoms with Gasteiger partial charge in [-0.1, -0.05) is 24.3 Å². The molecule has 0 fully saturated rings. The van der Waals surface area contributed by atoms with Crippen LogP contribution in [0.4, 0.5) is 14.8 Å². The lowest BCUT2D eigenvalue weighted by Gasteiger charge is -2.33. The Hall–Kier alpha value is -4.53. The van der Waals surface area contributed by atoms with Crippen LogP contribution < -0.4 is 15.4 Å². The second-order valence-electron chi connectivity index (χ2n) is 9.01. The molecule has 37 heavy (non-hydrogen) atoms. The Labute approximate surface area is 210 Å². The summed E-state index contributed by atoms with van der Waals surface area (Å²) in [7, 11) is 1.60. The summed E-state index contributed by atoms with van der Waals surface area (Å²) < 4.78 is 39.3. The highest BCUT2D eigenvalue weighted by atomic mass is 19.1. The molecule has 9 heteroatoms. The molecule has 2 heterocycles. The molecule has 1 aliphatic heterocycles. The first-order valence-corrected chi connectivity index (χ1v) is 11.8. The fourth-order valence-corrected chi connectivity index (χ4v) is 4.91. The Bertz CT molecular complexity index is 1520. The Morgan fingerprint density at radius 3 is 2.49 bits per heavy atom. The Kier molecular flexibility index (Phi) is 5.67. The third-order valence-corrected chi connectivity index (χ3v) is 6.62. The predicted molar refractivity (Wildman–Crippen MR) is 134 cm³/mol. The summed E-state index contributed by atoms with van der Waals surface area (Å²) in [5, 5.41) is 6.24. The number of aliphatic imine (C=N–C) groups is 1. The van der Waals surface area contributed by atoms with Gasteiger partial charge in [0.2, 0.25) is 5.96 Å². The molecule has 0 spiro atoms. The third-order valence-electron chi connectivity index (χ3n) is 6.62. The van der Waals surface area contributed by atoms with Crippen LogP contribution in [0, 0.1) is 11.6 Å². The SMILES string of the molecule is COc1ccc(C2CC(=O)C3=C(C2)NC(Nc2nc4ccccc4o2)=NC3c2cc(F)cc(F)c2)cc1. The minimum atomic E-state index is -0.891. The van der Waals surface area contributed by atoms with Crippen LogP contribution >= 0.6 is 0 Å². The van der Waals surface area contributed by atoms with Crippen LogP contribution in [0.25, 0.3) is 11.1 Å². The maximum atomic E-state index is 14.2. The zero-order valence-corrected chi connectivity index (χ0v) is 19.8. The van der Waals surface area contributed by atoms with Gasteiger partial charge >= 0.3 is 6.01 Å². The second-order valence-corrected chi connectivity index (χ2v) is 9.01. The van der Waals surface area contributed by atoms with E-state index in [1.165, 1.54) is 12.1 Å². The van der Waals surface area contributed by atoms with E-state index in [2.05, 4.69) is 20.6 Å². The number of aromatic nitrogens is 1. The van der Waals surface area contributed by atoms with Gasteiger partial charge in [0.1, 0.15) is 28.9 Å². The number of fused-ring (bicyclic) bond motifs is 1. The van der Waals surface area contributed by atoms with Crippen molar-refractivity contribution in [2.75, 3.05) is 12.4 Å². The molecule has 1 aromatic heterocycles. The maximum absolute atomic E-state index is 14.2. The molecule has 2 aliphatic rings. The summed E-state index contributed by atoms with van der Waals surface area (Å²) in [5.41, 5.74) is 3.54. The van der Waals surface area contributed by atoms with Crippen LogP contribution in [0.3, 0.4) is 0 Å². The first-order valence-electron chi connectivity index (χ1n) is 11.8. The van der Waals surface area contributed by atoms with Crippen molar-refractivity contribution in [3.63, 3.8) is 0 Å². The zero-order chi connectivity index (χ0) is 25.5. The smallest absolute Gasteiger partial charge is 0.302 e. The first-order chi connectivity index (χ1) is 18.0. The number of rotatable bonds is 4. The number of para-hydroxylation sites is 2. The van der Waals surface area contributed by atoms with E-state index in [9.17, 15) is 13.6 Å². The number of halogens is 2. The summed E-state index contributed by atoms with van der Waals surface area (Å²) in [4.78, 5) is 22.5. The van der Waals surface area contributed by atoms with Gasteiger partial charge in [0.25, 0.3) is 0 Å². The second kappa shape index (κ2) is 9.16. The fourth-order valence-electron chi connectivity index (χ4n) is 4.91. The van der Waals surface area contributed by atoms with Gasteiger partial charge in [-0.25, -0.2) is 13.8 Å².